The maximum absolute atomic E-state index is 13.4. The molecule has 3 heterocycles. The first-order chi connectivity index (χ1) is 15.4. The average molecular weight is 432 g/mol. The van der Waals surface area contributed by atoms with Crippen LogP contribution in [-0.2, 0) is 18.3 Å². The number of pyridine rings is 1. The smallest absolute Gasteiger partial charge is 0.343 e. The summed E-state index contributed by atoms with van der Waals surface area (Å²) in [6.07, 6.45) is 3.14. The molecular formula is C23H24N6O3. The van der Waals surface area contributed by atoms with Crippen molar-refractivity contribution in [1.29, 1.82) is 0 Å². The number of benzene rings is 1. The van der Waals surface area contributed by atoms with Crippen LogP contribution in [0.2, 0.25) is 0 Å². The molecule has 3 aromatic heterocycles. The minimum Gasteiger partial charge on any atom is -0.462 e. The fourth-order valence-corrected chi connectivity index (χ4v) is 3.64. The van der Waals surface area contributed by atoms with Gasteiger partial charge < -0.3 is 10.1 Å². The Hall–Kier alpha value is -4.01. The molecule has 1 N–H and O–H groups in total. The summed E-state index contributed by atoms with van der Waals surface area (Å²) in [5.74, 6) is -0.649. The summed E-state index contributed by atoms with van der Waals surface area (Å²) in [4.78, 5) is 30.4. The first-order valence-electron chi connectivity index (χ1n) is 10.4. The Kier molecular flexibility index (Phi) is 5.72. The number of ether oxygens (including phenoxy) is 1. The molecule has 0 aliphatic rings. The van der Waals surface area contributed by atoms with E-state index in [1.165, 1.54) is 10.9 Å². The summed E-state index contributed by atoms with van der Waals surface area (Å²) >= 11 is 0. The monoisotopic (exact) mass is 432 g/mol. The molecule has 0 aliphatic heterocycles. The van der Waals surface area contributed by atoms with E-state index in [1.54, 1.807) is 26.2 Å². The maximum Gasteiger partial charge on any atom is 0.343 e. The third-order valence-corrected chi connectivity index (χ3v) is 5.31. The van der Waals surface area contributed by atoms with Crippen molar-refractivity contribution in [1.82, 2.24) is 24.5 Å². The van der Waals surface area contributed by atoms with Gasteiger partial charge in [0.2, 0.25) is 0 Å². The van der Waals surface area contributed by atoms with Crippen molar-refractivity contribution < 1.29 is 14.3 Å². The lowest BCUT2D eigenvalue weighted by atomic mass is 10.0. The second-order valence-electron chi connectivity index (χ2n) is 7.24. The number of esters is 1. The van der Waals surface area contributed by atoms with E-state index in [-0.39, 0.29) is 23.9 Å². The molecule has 1 amide bonds. The molecule has 4 aromatic rings. The van der Waals surface area contributed by atoms with Gasteiger partial charge in [-0.2, -0.15) is 10.2 Å². The van der Waals surface area contributed by atoms with Gasteiger partial charge in [-0.25, -0.2) is 9.78 Å². The largest absolute Gasteiger partial charge is 0.462 e. The van der Waals surface area contributed by atoms with Crippen LogP contribution in [0.5, 0.6) is 0 Å². The zero-order valence-corrected chi connectivity index (χ0v) is 18.4. The predicted molar refractivity (Wildman–Crippen MR) is 120 cm³/mol. The SMILES string of the molecule is CCOC(=O)c1cnn(C)c1NC(=O)c1cc(-c2cnn(CC)c2C)nc2ccccc12. The number of fused-ring (bicyclic) bond motifs is 1. The number of para-hydroxylation sites is 1. The van der Waals surface area contributed by atoms with E-state index >= 15 is 0 Å². The van der Waals surface area contributed by atoms with Gasteiger partial charge >= 0.3 is 5.97 Å². The van der Waals surface area contributed by atoms with Crippen molar-refractivity contribution in [3.8, 4) is 11.3 Å². The van der Waals surface area contributed by atoms with Gasteiger partial charge in [-0.15, -0.1) is 0 Å². The van der Waals surface area contributed by atoms with Crippen LogP contribution in [0.4, 0.5) is 5.82 Å². The molecule has 0 saturated heterocycles. The zero-order chi connectivity index (χ0) is 22.8. The first kappa shape index (κ1) is 21.2. The molecule has 4 rings (SSSR count). The lowest BCUT2D eigenvalue weighted by Gasteiger charge is -2.12. The van der Waals surface area contributed by atoms with E-state index in [1.807, 2.05) is 42.8 Å². The molecule has 0 fully saturated rings. The normalized spacial score (nSPS) is 11.0. The number of aromatic nitrogens is 5. The van der Waals surface area contributed by atoms with Gasteiger partial charge in [-0.05, 0) is 32.9 Å². The van der Waals surface area contributed by atoms with E-state index in [0.717, 1.165) is 17.8 Å². The number of nitrogens with zero attached hydrogens (tertiary/aromatic N) is 5. The van der Waals surface area contributed by atoms with Crippen molar-refractivity contribution in [3.63, 3.8) is 0 Å². The summed E-state index contributed by atoms with van der Waals surface area (Å²) in [6, 6.07) is 9.20. The van der Waals surface area contributed by atoms with Crippen LogP contribution >= 0.6 is 0 Å². The van der Waals surface area contributed by atoms with Crippen LogP contribution in [-0.4, -0.2) is 43.0 Å². The second kappa shape index (κ2) is 8.62. The lowest BCUT2D eigenvalue weighted by molar-refractivity contribution is 0.0527. The zero-order valence-electron chi connectivity index (χ0n) is 18.4. The van der Waals surface area contributed by atoms with Gasteiger partial charge in [0.15, 0.2) is 0 Å². The second-order valence-corrected chi connectivity index (χ2v) is 7.24. The Morgan fingerprint density at radius 3 is 2.59 bits per heavy atom. The molecule has 0 aliphatic carbocycles. The van der Waals surface area contributed by atoms with Gasteiger partial charge in [-0.3, -0.25) is 14.2 Å². The van der Waals surface area contributed by atoms with Crippen molar-refractivity contribution in [2.45, 2.75) is 27.3 Å². The van der Waals surface area contributed by atoms with Crippen LogP contribution in [0.25, 0.3) is 22.2 Å². The molecule has 9 nitrogen and oxygen atoms in total. The van der Waals surface area contributed by atoms with Crippen LogP contribution in [0.3, 0.4) is 0 Å². The Morgan fingerprint density at radius 1 is 1.09 bits per heavy atom. The average Bonchev–Trinajstić information content (AvgIpc) is 3.35. The number of rotatable bonds is 6. The molecule has 0 unspecified atom stereocenters. The fraction of sp³-hybridized carbons (Fsp3) is 0.261. The van der Waals surface area contributed by atoms with Crippen LogP contribution in [0, 0.1) is 6.92 Å². The molecule has 164 valence electrons. The van der Waals surface area contributed by atoms with E-state index in [4.69, 9.17) is 9.72 Å². The summed E-state index contributed by atoms with van der Waals surface area (Å²) < 4.78 is 8.40. The minimum absolute atomic E-state index is 0.196. The highest BCUT2D eigenvalue weighted by molar-refractivity contribution is 6.14. The van der Waals surface area contributed by atoms with Crippen molar-refractivity contribution in [3.05, 3.63) is 59.5 Å². The topological polar surface area (TPSA) is 104 Å². The Morgan fingerprint density at radius 2 is 1.88 bits per heavy atom. The third-order valence-electron chi connectivity index (χ3n) is 5.31. The van der Waals surface area contributed by atoms with Crippen LogP contribution in [0.1, 0.15) is 40.3 Å². The minimum atomic E-state index is -0.543. The Bertz CT molecular complexity index is 1320. The van der Waals surface area contributed by atoms with Gasteiger partial charge in [0.25, 0.3) is 5.91 Å². The van der Waals surface area contributed by atoms with Gasteiger partial charge in [0.05, 0.1) is 35.8 Å². The van der Waals surface area contributed by atoms with Gasteiger partial charge in [0.1, 0.15) is 11.4 Å². The Balaban J connectivity index is 1.79. The number of hydrogen-bond donors (Lipinski definition) is 1. The molecule has 0 atom stereocenters. The summed E-state index contributed by atoms with van der Waals surface area (Å²) in [7, 11) is 1.65. The lowest BCUT2D eigenvalue weighted by Crippen LogP contribution is -2.18. The number of hydrogen-bond acceptors (Lipinski definition) is 6. The molecule has 0 radical (unpaired) electrons. The summed E-state index contributed by atoms with van der Waals surface area (Å²) in [5, 5.41) is 12.0. The van der Waals surface area contributed by atoms with Crippen LogP contribution < -0.4 is 5.32 Å². The van der Waals surface area contributed by atoms with E-state index in [2.05, 4.69) is 15.5 Å². The number of amides is 1. The number of aryl methyl sites for hydroxylation is 2. The maximum atomic E-state index is 13.4. The summed E-state index contributed by atoms with van der Waals surface area (Å²) in [5.41, 5.74) is 3.81. The highest BCUT2D eigenvalue weighted by Crippen LogP contribution is 2.28. The van der Waals surface area contributed by atoms with Crippen LogP contribution in [0.15, 0.2) is 42.7 Å². The van der Waals surface area contributed by atoms with E-state index < -0.39 is 5.97 Å². The van der Waals surface area contributed by atoms with Gasteiger partial charge in [0, 0.05) is 30.2 Å². The number of carbonyl (C=O) groups excluding carboxylic acids is 2. The molecule has 0 spiro atoms. The fourth-order valence-electron chi connectivity index (χ4n) is 3.64. The Labute approximate surface area is 185 Å². The first-order valence-corrected chi connectivity index (χ1v) is 10.4. The van der Waals surface area contributed by atoms with Gasteiger partial charge in [-0.1, -0.05) is 18.2 Å². The summed E-state index contributed by atoms with van der Waals surface area (Å²) in [6.45, 7) is 6.68. The quantitative estimate of drug-likeness (QED) is 0.467. The van der Waals surface area contributed by atoms with E-state index in [9.17, 15) is 9.59 Å². The number of nitrogens with one attached hydrogen (secondary N) is 1. The highest BCUT2D eigenvalue weighted by Gasteiger charge is 2.22. The standard InChI is InChI=1S/C23H24N6O3/c1-5-29-14(3)17(12-25-29)20-11-16(15-9-7-8-10-19(15)26-20)22(30)27-21-18(13-24-28(21)4)23(31)32-6-2/h7-13H,5-6H2,1-4H3,(H,27,30). The van der Waals surface area contributed by atoms with E-state index in [0.29, 0.717) is 22.2 Å². The molecule has 0 bridgehead atoms. The highest BCUT2D eigenvalue weighted by atomic mass is 16.5. The number of anilines is 1. The molecule has 9 heteroatoms. The number of carbonyl (C=O) groups is 2. The third kappa shape index (κ3) is 3.73. The molecule has 1 aromatic carbocycles. The van der Waals surface area contributed by atoms with Crippen molar-refractivity contribution in [2.75, 3.05) is 11.9 Å². The molecule has 0 saturated carbocycles. The predicted octanol–water partition coefficient (Wildman–Crippen LogP) is 3.59. The molecule has 32 heavy (non-hydrogen) atoms. The van der Waals surface area contributed by atoms with Crippen molar-refractivity contribution in [2.24, 2.45) is 7.05 Å². The molecular weight excluding hydrogens is 408 g/mol. The van der Waals surface area contributed by atoms with Crippen molar-refractivity contribution >= 4 is 28.6 Å².